The lowest BCUT2D eigenvalue weighted by atomic mass is 9.59. The van der Waals surface area contributed by atoms with Gasteiger partial charge in [0.05, 0.1) is 33.9 Å². The number of imide groups is 1. The number of rotatable bonds is 5. The summed E-state index contributed by atoms with van der Waals surface area (Å²) in [6, 6.07) is 41.1. The first-order valence-electron chi connectivity index (χ1n) is 15.3. The summed E-state index contributed by atoms with van der Waals surface area (Å²) in [5, 5.41) is 0. The van der Waals surface area contributed by atoms with Crippen LogP contribution in [0.3, 0.4) is 0 Å². The molecule has 0 aromatic heterocycles. The molecule has 0 N–H and O–H groups in total. The number of alkyl halides is 3. The van der Waals surface area contributed by atoms with E-state index in [1.807, 2.05) is 72.8 Å². The number of anilines is 1. The van der Waals surface area contributed by atoms with Gasteiger partial charge in [0, 0.05) is 0 Å². The van der Waals surface area contributed by atoms with E-state index in [0.717, 1.165) is 28.2 Å². The van der Waals surface area contributed by atoms with E-state index < -0.39 is 46.2 Å². The lowest BCUT2D eigenvalue weighted by Gasteiger charge is -2.39. The fraction of sp³-hybridized carbons (Fsp3) is 0.125. The Bertz CT molecular complexity index is 1970. The van der Waals surface area contributed by atoms with E-state index in [1.54, 1.807) is 48.5 Å². The Labute approximate surface area is 268 Å². The van der Waals surface area contributed by atoms with Crippen molar-refractivity contribution in [1.82, 2.24) is 0 Å². The third-order valence-electron chi connectivity index (χ3n) is 10.0. The van der Waals surface area contributed by atoms with Crippen LogP contribution in [0.2, 0.25) is 0 Å². The number of benzene rings is 5. The molecule has 3 aliphatic rings. The molecule has 47 heavy (non-hydrogen) atoms. The monoisotopic (exact) mass is 625 g/mol. The molecule has 7 heteroatoms. The highest BCUT2D eigenvalue weighted by Gasteiger charge is 2.82. The summed E-state index contributed by atoms with van der Waals surface area (Å²) < 4.78 is 41.6. The van der Waals surface area contributed by atoms with Crippen molar-refractivity contribution in [3.05, 3.63) is 173 Å². The first-order chi connectivity index (χ1) is 22.7. The van der Waals surface area contributed by atoms with Gasteiger partial charge in [-0.1, -0.05) is 127 Å². The second kappa shape index (κ2) is 10.2. The van der Waals surface area contributed by atoms with Gasteiger partial charge in [0.2, 0.25) is 11.8 Å². The minimum Gasteiger partial charge on any atom is -0.297 e. The Balaban J connectivity index is 1.52. The molecule has 2 amide bonds. The molecule has 2 aliphatic carbocycles. The molecule has 2 fully saturated rings. The van der Waals surface area contributed by atoms with E-state index in [0.29, 0.717) is 22.3 Å². The van der Waals surface area contributed by atoms with E-state index in [9.17, 15) is 22.8 Å². The van der Waals surface area contributed by atoms with Gasteiger partial charge in [-0.25, -0.2) is 4.90 Å². The lowest BCUT2D eigenvalue weighted by Crippen LogP contribution is -2.45. The van der Waals surface area contributed by atoms with Gasteiger partial charge in [-0.3, -0.25) is 14.4 Å². The highest BCUT2D eigenvalue weighted by atomic mass is 19.4. The third-order valence-corrected chi connectivity index (χ3v) is 10.0. The molecule has 4 atom stereocenters. The van der Waals surface area contributed by atoms with Crippen molar-refractivity contribution in [2.24, 2.45) is 11.8 Å². The van der Waals surface area contributed by atoms with Crippen LogP contribution in [0.4, 0.5) is 18.9 Å². The maximum atomic E-state index is 15.8. The van der Waals surface area contributed by atoms with Crippen LogP contribution < -0.4 is 4.90 Å². The molecule has 1 heterocycles. The topological polar surface area (TPSA) is 54.5 Å². The zero-order chi connectivity index (χ0) is 32.6. The van der Waals surface area contributed by atoms with E-state index in [1.165, 1.54) is 12.1 Å². The van der Waals surface area contributed by atoms with Gasteiger partial charge in [0.25, 0.3) is 0 Å². The Hall–Kier alpha value is -5.56. The molecule has 1 aliphatic heterocycles. The van der Waals surface area contributed by atoms with Crippen molar-refractivity contribution in [2.45, 2.75) is 17.0 Å². The molecule has 0 unspecified atom stereocenters. The molecule has 1 saturated heterocycles. The number of Topliss-reactive ketones (excluding diaryl/α,β-unsaturated/α-hetero) is 1. The molecule has 2 bridgehead atoms. The highest BCUT2D eigenvalue weighted by Crippen LogP contribution is 2.74. The van der Waals surface area contributed by atoms with Gasteiger partial charge in [-0.15, -0.1) is 0 Å². The van der Waals surface area contributed by atoms with Gasteiger partial charge in [0.1, 0.15) is 0 Å². The number of carbonyl (C=O) groups is 3. The largest absolute Gasteiger partial charge is 0.416 e. The summed E-state index contributed by atoms with van der Waals surface area (Å²) in [4.78, 5) is 46.5. The Kier molecular flexibility index (Phi) is 6.28. The maximum absolute atomic E-state index is 15.8. The van der Waals surface area contributed by atoms with Crippen molar-refractivity contribution in [3.8, 4) is 0 Å². The summed E-state index contributed by atoms with van der Waals surface area (Å²) in [7, 11) is 0. The predicted octanol–water partition coefficient (Wildman–Crippen LogP) is 7.89. The number of halogens is 3. The molecule has 230 valence electrons. The number of allylic oxidation sites excluding steroid dienone is 2. The van der Waals surface area contributed by atoms with Gasteiger partial charge in [-0.05, 0) is 51.6 Å². The van der Waals surface area contributed by atoms with E-state index in [2.05, 4.69) is 0 Å². The minimum absolute atomic E-state index is 0.176. The number of fused-ring (bicyclic) bond motifs is 5. The van der Waals surface area contributed by atoms with E-state index >= 15 is 4.79 Å². The average molecular weight is 626 g/mol. The Morgan fingerprint density at radius 3 is 1.32 bits per heavy atom. The van der Waals surface area contributed by atoms with Gasteiger partial charge in [0.15, 0.2) is 5.78 Å². The average Bonchev–Trinajstić information content (AvgIpc) is 3.61. The number of ketones is 1. The quantitative estimate of drug-likeness (QED) is 0.187. The molecule has 4 nitrogen and oxygen atoms in total. The first-order valence-corrected chi connectivity index (χ1v) is 15.3. The van der Waals surface area contributed by atoms with Crippen LogP contribution in [0.15, 0.2) is 146 Å². The zero-order valence-electron chi connectivity index (χ0n) is 24.8. The molecule has 0 radical (unpaired) electrons. The summed E-state index contributed by atoms with van der Waals surface area (Å²) in [5.74, 6) is -4.13. The molecule has 5 aromatic rings. The van der Waals surface area contributed by atoms with E-state index in [-0.39, 0.29) is 11.5 Å². The maximum Gasteiger partial charge on any atom is 0.416 e. The van der Waals surface area contributed by atoms with Crippen LogP contribution in [0, 0.1) is 11.8 Å². The van der Waals surface area contributed by atoms with Crippen molar-refractivity contribution in [1.29, 1.82) is 0 Å². The summed E-state index contributed by atoms with van der Waals surface area (Å²) in [6.45, 7) is 0. The van der Waals surface area contributed by atoms with Crippen LogP contribution >= 0.6 is 0 Å². The second-order valence-electron chi connectivity index (χ2n) is 12.2. The number of hydrogen-bond donors (Lipinski definition) is 0. The van der Waals surface area contributed by atoms with Crippen molar-refractivity contribution in [2.75, 3.05) is 4.90 Å². The van der Waals surface area contributed by atoms with Crippen LogP contribution in [0.1, 0.15) is 27.8 Å². The van der Waals surface area contributed by atoms with Crippen molar-refractivity contribution >= 4 is 34.4 Å². The zero-order valence-corrected chi connectivity index (χ0v) is 24.8. The van der Waals surface area contributed by atoms with Gasteiger partial charge in [-0.2, -0.15) is 13.2 Å². The van der Waals surface area contributed by atoms with E-state index in [4.69, 9.17) is 0 Å². The molecular formula is C40H26F3NO3. The highest BCUT2D eigenvalue weighted by molar-refractivity contribution is 6.39. The molecule has 0 spiro atoms. The van der Waals surface area contributed by atoms with Crippen LogP contribution in [0.5, 0.6) is 0 Å². The Morgan fingerprint density at radius 1 is 0.511 bits per heavy atom. The first kappa shape index (κ1) is 28.9. The molecule has 8 rings (SSSR count). The van der Waals surface area contributed by atoms with Crippen molar-refractivity contribution in [3.63, 3.8) is 0 Å². The van der Waals surface area contributed by atoms with Crippen LogP contribution in [-0.4, -0.2) is 17.6 Å². The fourth-order valence-corrected chi connectivity index (χ4v) is 8.41. The third kappa shape index (κ3) is 3.74. The number of hydrogen-bond acceptors (Lipinski definition) is 3. The number of carbonyl (C=O) groups excluding carboxylic acids is 3. The Morgan fingerprint density at radius 2 is 0.915 bits per heavy atom. The summed E-state index contributed by atoms with van der Waals surface area (Å²) >= 11 is 0. The van der Waals surface area contributed by atoms with Gasteiger partial charge >= 0.3 is 6.18 Å². The lowest BCUT2D eigenvalue weighted by molar-refractivity contribution is -0.137. The van der Waals surface area contributed by atoms with Crippen molar-refractivity contribution < 1.29 is 27.6 Å². The second-order valence-corrected chi connectivity index (χ2v) is 12.2. The normalized spacial score (nSPS) is 25.1. The van der Waals surface area contributed by atoms with Crippen LogP contribution in [0.25, 0.3) is 11.1 Å². The molecule has 5 aromatic carbocycles. The fourth-order valence-electron chi connectivity index (χ4n) is 8.41. The van der Waals surface area contributed by atoms with Gasteiger partial charge < -0.3 is 0 Å². The molecular weight excluding hydrogens is 599 g/mol. The number of nitrogens with zero attached hydrogens (tertiary/aromatic N) is 1. The number of amides is 2. The van der Waals surface area contributed by atoms with Crippen LogP contribution in [-0.2, 0) is 31.4 Å². The summed E-state index contributed by atoms with van der Waals surface area (Å²) in [5.41, 5.74) is -0.621. The standard InChI is InChI=1S/C40H26F3NO3/c41-40(42,43)29-22-13-23-30(24-29)44-35(45)33-34(36(44)46)39(28-20-11-4-12-21-28)32(26-16-7-2-8-17-26)31(25-14-5-1-6-15-25)38(33,37(39)47)27-18-9-3-10-19-27/h1-24,33-34H/t33-,34+,38-,39-/m1/s1. The predicted molar refractivity (Wildman–Crippen MR) is 172 cm³/mol. The summed E-state index contributed by atoms with van der Waals surface area (Å²) in [6.07, 6.45) is -4.69. The minimum atomic E-state index is -4.69. The SMILES string of the molecule is O=C1[C@@H]2[C@H](C(=O)N1c1cccc(C(F)(F)F)c1)[C@]1(c3ccccc3)C(=O)[C@]2(c2ccccc2)C(c2ccccc2)=C1c1ccccc1. The smallest absolute Gasteiger partial charge is 0.297 e. The molecule has 1 saturated carbocycles.